The van der Waals surface area contributed by atoms with Gasteiger partial charge >= 0.3 is 0 Å². The van der Waals surface area contributed by atoms with Crippen molar-refractivity contribution in [2.45, 2.75) is 6.04 Å². The van der Waals surface area contributed by atoms with Crippen LogP contribution in [0.5, 0.6) is 0 Å². The van der Waals surface area contributed by atoms with E-state index in [4.69, 9.17) is 5.21 Å². The molecule has 0 bridgehead atoms. The molecule has 1 heterocycles. The van der Waals surface area contributed by atoms with Gasteiger partial charge in [-0.25, -0.2) is 18.3 Å². The Morgan fingerprint density at radius 2 is 2.00 bits per heavy atom. The molecule has 2 aromatic carbocycles. The lowest BCUT2D eigenvalue weighted by Crippen LogP contribution is -2.42. The predicted molar refractivity (Wildman–Crippen MR) is 98.2 cm³/mol. The van der Waals surface area contributed by atoms with Crippen LogP contribution < -0.4 is 9.79 Å². The van der Waals surface area contributed by atoms with Crippen LogP contribution in [0, 0.1) is 5.82 Å². The van der Waals surface area contributed by atoms with Crippen LogP contribution in [0.2, 0.25) is 0 Å². The van der Waals surface area contributed by atoms with Crippen LogP contribution in [-0.4, -0.2) is 25.8 Å². The number of thiophene rings is 1. The summed E-state index contributed by atoms with van der Waals surface area (Å²) in [5, 5.41) is 11.8. The number of anilines is 1. The lowest BCUT2D eigenvalue weighted by Gasteiger charge is -2.30. The quantitative estimate of drug-likeness (QED) is 0.514. The fourth-order valence-corrected chi connectivity index (χ4v) is 4.62. The molecule has 0 fully saturated rings. The van der Waals surface area contributed by atoms with E-state index < -0.39 is 27.8 Å². The summed E-state index contributed by atoms with van der Waals surface area (Å²) in [6.07, 6.45) is 0.946. The Bertz CT molecular complexity index is 1070. The smallest absolute Gasteiger partial charge is 0.271 e. The van der Waals surface area contributed by atoms with E-state index >= 15 is 0 Å². The van der Waals surface area contributed by atoms with Crippen molar-refractivity contribution in [3.8, 4) is 0 Å². The second-order valence-electron chi connectivity index (χ2n) is 5.64. The maximum absolute atomic E-state index is 13.7. The Balaban J connectivity index is 2.22. The normalized spacial score (nSPS) is 12.7. The first kappa shape index (κ1) is 18.3. The van der Waals surface area contributed by atoms with E-state index in [1.165, 1.54) is 35.0 Å². The molecule has 136 valence electrons. The first-order chi connectivity index (χ1) is 12.3. The highest BCUT2D eigenvalue weighted by Crippen LogP contribution is 2.33. The number of carbonyl (C=O) groups excluding carboxylic acids is 1. The molecule has 3 aromatic rings. The highest BCUT2D eigenvalue weighted by atomic mass is 32.2. The number of halogens is 1. The first-order valence-corrected chi connectivity index (χ1v) is 10.2. The fraction of sp³-hybridized carbons (Fsp3) is 0.118. The topological polar surface area (TPSA) is 86.7 Å². The van der Waals surface area contributed by atoms with Crippen molar-refractivity contribution in [3.63, 3.8) is 0 Å². The van der Waals surface area contributed by atoms with E-state index in [0.717, 1.165) is 26.7 Å². The molecule has 0 spiro atoms. The van der Waals surface area contributed by atoms with Gasteiger partial charge in [0.1, 0.15) is 5.82 Å². The molecule has 0 aliphatic heterocycles. The Labute approximate surface area is 153 Å². The number of amides is 1. The molecule has 9 heteroatoms. The molecule has 3 rings (SSSR count). The highest BCUT2D eigenvalue weighted by molar-refractivity contribution is 7.92. The van der Waals surface area contributed by atoms with Crippen molar-refractivity contribution in [3.05, 3.63) is 65.3 Å². The minimum absolute atomic E-state index is 0.0902. The van der Waals surface area contributed by atoms with Crippen molar-refractivity contribution >= 4 is 43.0 Å². The predicted octanol–water partition coefficient (Wildman–Crippen LogP) is 3.05. The summed E-state index contributed by atoms with van der Waals surface area (Å²) >= 11 is 1.50. The molecule has 26 heavy (non-hydrogen) atoms. The van der Waals surface area contributed by atoms with Crippen molar-refractivity contribution in [2.75, 3.05) is 10.6 Å². The van der Waals surface area contributed by atoms with E-state index in [0.29, 0.717) is 0 Å². The van der Waals surface area contributed by atoms with E-state index in [9.17, 15) is 17.6 Å². The molecule has 0 aliphatic rings. The molecular weight excluding hydrogens is 379 g/mol. The molecule has 2 N–H and O–H groups in total. The van der Waals surface area contributed by atoms with Crippen LogP contribution in [0.25, 0.3) is 10.1 Å². The maximum Gasteiger partial charge on any atom is 0.271 e. The lowest BCUT2D eigenvalue weighted by molar-refractivity contribution is -0.130. The number of hydroxylamine groups is 1. The van der Waals surface area contributed by atoms with Crippen LogP contribution in [0.3, 0.4) is 0 Å². The third kappa shape index (κ3) is 3.55. The van der Waals surface area contributed by atoms with Crippen LogP contribution in [0.4, 0.5) is 10.1 Å². The second kappa shape index (κ2) is 7.02. The van der Waals surface area contributed by atoms with Crippen LogP contribution in [0.1, 0.15) is 11.6 Å². The largest absolute Gasteiger partial charge is 0.289 e. The zero-order valence-corrected chi connectivity index (χ0v) is 15.2. The Morgan fingerprint density at radius 3 is 2.65 bits per heavy atom. The summed E-state index contributed by atoms with van der Waals surface area (Å²) in [6.45, 7) is 0. The highest BCUT2D eigenvalue weighted by Gasteiger charge is 2.34. The van der Waals surface area contributed by atoms with Crippen LogP contribution >= 0.6 is 11.3 Å². The molecule has 0 radical (unpaired) electrons. The first-order valence-electron chi connectivity index (χ1n) is 7.47. The van der Waals surface area contributed by atoms with Gasteiger partial charge in [-0.05, 0) is 52.7 Å². The minimum atomic E-state index is -3.94. The number of fused-ring (bicyclic) bond motifs is 1. The second-order valence-corrected chi connectivity index (χ2v) is 8.44. The Hall–Kier alpha value is -2.49. The molecule has 0 unspecified atom stereocenters. The van der Waals surface area contributed by atoms with Crippen molar-refractivity contribution in [1.82, 2.24) is 5.48 Å². The average molecular weight is 394 g/mol. The third-order valence-electron chi connectivity index (χ3n) is 3.81. The summed E-state index contributed by atoms with van der Waals surface area (Å²) < 4.78 is 40.5. The van der Waals surface area contributed by atoms with E-state index in [-0.39, 0.29) is 11.3 Å². The Kier molecular flexibility index (Phi) is 4.94. The maximum atomic E-state index is 13.7. The van der Waals surface area contributed by atoms with Crippen LogP contribution in [0.15, 0.2) is 53.9 Å². The number of hydrogen-bond donors (Lipinski definition) is 2. The lowest BCUT2D eigenvalue weighted by atomic mass is 10.1. The molecule has 0 aliphatic carbocycles. The van der Waals surface area contributed by atoms with Gasteiger partial charge in [0.2, 0.25) is 10.0 Å². The van der Waals surface area contributed by atoms with Crippen molar-refractivity contribution < 1.29 is 22.8 Å². The van der Waals surface area contributed by atoms with Gasteiger partial charge in [0, 0.05) is 4.70 Å². The van der Waals surface area contributed by atoms with Crippen LogP contribution in [-0.2, 0) is 14.8 Å². The molecule has 1 aromatic heterocycles. The standard InChI is InChI=1S/C17H15FN2O4S2/c1-26(23,24)20(14-5-6-15-11(10-14)7-8-25-15)16(17(21)19-22)12-3-2-4-13(18)9-12/h2-10,16,22H,1H3,(H,19,21)/t16-/m1/s1. The van der Waals surface area contributed by atoms with E-state index in [2.05, 4.69) is 0 Å². The van der Waals surface area contributed by atoms with Gasteiger partial charge in [-0.2, -0.15) is 0 Å². The average Bonchev–Trinajstić information content (AvgIpc) is 3.05. The number of rotatable bonds is 5. The summed E-state index contributed by atoms with van der Waals surface area (Å²) in [4.78, 5) is 12.3. The van der Waals surface area contributed by atoms with Gasteiger partial charge in [0.25, 0.3) is 5.91 Å². The van der Waals surface area contributed by atoms with Crippen molar-refractivity contribution in [1.29, 1.82) is 0 Å². The van der Waals surface area contributed by atoms with E-state index in [1.807, 2.05) is 11.4 Å². The Morgan fingerprint density at radius 1 is 1.23 bits per heavy atom. The van der Waals surface area contributed by atoms with Gasteiger partial charge in [0.15, 0.2) is 6.04 Å². The monoisotopic (exact) mass is 394 g/mol. The number of hydrogen-bond acceptors (Lipinski definition) is 5. The minimum Gasteiger partial charge on any atom is -0.289 e. The zero-order valence-electron chi connectivity index (χ0n) is 13.6. The van der Waals surface area contributed by atoms with Gasteiger partial charge < -0.3 is 0 Å². The molecule has 1 atom stereocenters. The summed E-state index contributed by atoms with van der Waals surface area (Å²) in [5.41, 5.74) is 1.79. The number of nitrogens with one attached hydrogen (secondary N) is 1. The van der Waals surface area contributed by atoms with Gasteiger partial charge in [-0.3, -0.25) is 14.3 Å². The summed E-state index contributed by atoms with van der Waals surface area (Å²) in [5.74, 6) is -1.62. The van der Waals surface area contributed by atoms with Crippen molar-refractivity contribution in [2.24, 2.45) is 0 Å². The fourth-order valence-electron chi connectivity index (χ4n) is 2.75. The molecule has 0 saturated heterocycles. The molecular formula is C17H15FN2O4S2. The van der Waals surface area contributed by atoms with Gasteiger partial charge in [-0.15, -0.1) is 11.3 Å². The van der Waals surface area contributed by atoms with Gasteiger partial charge in [-0.1, -0.05) is 12.1 Å². The van der Waals surface area contributed by atoms with E-state index in [1.54, 1.807) is 18.2 Å². The third-order valence-corrected chi connectivity index (χ3v) is 5.84. The molecule has 6 nitrogen and oxygen atoms in total. The number of nitrogens with zero attached hydrogens (tertiary/aromatic N) is 1. The zero-order chi connectivity index (χ0) is 18.9. The number of sulfonamides is 1. The number of carbonyl (C=O) groups is 1. The summed E-state index contributed by atoms with van der Waals surface area (Å²) in [7, 11) is -3.94. The SMILES string of the molecule is CS(=O)(=O)N(c1ccc2sccc2c1)[C@@H](C(=O)NO)c1cccc(F)c1. The van der Waals surface area contributed by atoms with Gasteiger partial charge in [0.05, 0.1) is 11.9 Å². The molecule has 1 amide bonds. The summed E-state index contributed by atoms with van der Waals surface area (Å²) in [6, 6.07) is 10.3. The number of benzene rings is 2. The molecule has 0 saturated carbocycles.